The summed E-state index contributed by atoms with van der Waals surface area (Å²) in [6.45, 7) is 0. The van der Waals surface area contributed by atoms with Gasteiger partial charge in [-0.2, -0.15) is 5.26 Å². The Bertz CT molecular complexity index is 641. The molecular weight excluding hydrogens is 238 g/mol. The molecule has 0 saturated carbocycles. The molecule has 0 aliphatic heterocycles. The van der Waals surface area contributed by atoms with Gasteiger partial charge >= 0.3 is 0 Å². The lowest BCUT2D eigenvalue weighted by molar-refractivity contribution is 0.0980. The average Bonchev–Trinajstić information content (AvgIpc) is 2.45. The first-order valence-corrected chi connectivity index (χ1v) is 6.01. The van der Waals surface area contributed by atoms with Crippen molar-refractivity contribution in [3.05, 3.63) is 65.2 Å². The number of carbonyl (C=O) groups is 1. The molecule has 0 aromatic heterocycles. The number of Topliss-reactive ketones (excluding diaryl/α,β-unsaturated/α-hetero) is 1. The lowest BCUT2D eigenvalue weighted by Gasteiger charge is -2.04. The summed E-state index contributed by atoms with van der Waals surface area (Å²) in [6, 6.07) is 15.8. The number of hydrogen-bond donors (Lipinski definition) is 1. The van der Waals surface area contributed by atoms with Crippen LogP contribution in [0.4, 0.5) is 0 Å². The van der Waals surface area contributed by atoms with Crippen molar-refractivity contribution in [1.29, 1.82) is 5.26 Å². The Morgan fingerprint density at radius 3 is 2.68 bits per heavy atom. The second kappa shape index (κ2) is 5.83. The van der Waals surface area contributed by atoms with Crippen LogP contribution < -0.4 is 0 Å². The summed E-state index contributed by atoms with van der Waals surface area (Å²) in [5.41, 5.74) is 1.88. The zero-order chi connectivity index (χ0) is 13.7. The molecule has 2 rings (SSSR count). The molecule has 0 aliphatic carbocycles. The number of nitriles is 1. The summed E-state index contributed by atoms with van der Waals surface area (Å²) in [5, 5.41) is 18.4. The number of phenols is 1. The van der Waals surface area contributed by atoms with E-state index in [4.69, 9.17) is 5.26 Å². The third kappa shape index (κ3) is 3.20. The third-order valence-electron chi connectivity index (χ3n) is 2.90. The second-order valence-electron chi connectivity index (χ2n) is 4.25. The summed E-state index contributed by atoms with van der Waals surface area (Å²) >= 11 is 0. The molecule has 3 nitrogen and oxygen atoms in total. The first kappa shape index (κ1) is 12.8. The molecule has 94 valence electrons. The lowest BCUT2D eigenvalue weighted by Crippen LogP contribution is -2.01. The first-order chi connectivity index (χ1) is 9.20. The SMILES string of the molecule is N#Cc1cccc(CCC(=O)c2ccccc2O)c1. The van der Waals surface area contributed by atoms with E-state index >= 15 is 0 Å². The van der Waals surface area contributed by atoms with E-state index in [9.17, 15) is 9.90 Å². The molecule has 0 bridgehead atoms. The molecule has 0 spiro atoms. The van der Waals surface area contributed by atoms with Gasteiger partial charge in [-0.15, -0.1) is 0 Å². The van der Waals surface area contributed by atoms with E-state index in [1.807, 2.05) is 6.07 Å². The van der Waals surface area contributed by atoms with Crippen LogP contribution in [-0.4, -0.2) is 10.9 Å². The fourth-order valence-electron chi connectivity index (χ4n) is 1.90. The van der Waals surface area contributed by atoms with Crippen LogP contribution in [0, 0.1) is 11.3 Å². The molecule has 0 amide bonds. The van der Waals surface area contributed by atoms with E-state index < -0.39 is 0 Å². The maximum Gasteiger partial charge on any atom is 0.166 e. The Hall–Kier alpha value is -2.60. The van der Waals surface area contributed by atoms with Crippen LogP contribution in [-0.2, 0) is 6.42 Å². The zero-order valence-electron chi connectivity index (χ0n) is 10.3. The van der Waals surface area contributed by atoms with E-state index in [-0.39, 0.29) is 11.5 Å². The second-order valence-corrected chi connectivity index (χ2v) is 4.25. The normalized spacial score (nSPS) is 9.84. The highest BCUT2D eigenvalue weighted by molar-refractivity contribution is 5.98. The van der Waals surface area contributed by atoms with Crippen molar-refractivity contribution in [3.63, 3.8) is 0 Å². The van der Waals surface area contributed by atoms with Crippen molar-refractivity contribution in [2.75, 3.05) is 0 Å². The highest BCUT2D eigenvalue weighted by Gasteiger charge is 2.10. The van der Waals surface area contributed by atoms with Gasteiger partial charge in [-0.1, -0.05) is 24.3 Å². The van der Waals surface area contributed by atoms with Gasteiger partial charge in [0.05, 0.1) is 17.2 Å². The van der Waals surface area contributed by atoms with Crippen molar-refractivity contribution in [2.45, 2.75) is 12.8 Å². The predicted molar refractivity (Wildman–Crippen MR) is 71.9 cm³/mol. The Morgan fingerprint density at radius 2 is 1.95 bits per heavy atom. The fourth-order valence-corrected chi connectivity index (χ4v) is 1.90. The summed E-state index contributed by atoms with van der Waals surface area (Å²) < 4.78 is 0. The van der Waals surface area contributed by atoms with Crippen LogP contribution in [0.1, 0.15) is 27.9 Å². The van der Waals surface area contributed by atoms with Gasteiger partial charge in [0.1, 0.15) is 5.75 Å². The molecule has 3 heteroatoms. The molecule has 0 heterocycles. The molecule has 0 fully saturated rings. The fraction of sp³-hybridized carbons (Fsp3) is 0.125. The van der Waals surface area contributed by atoms with E-state index in [0.717, 1.165) is 5.56 Å². The van der Waals surface area contributed by atoms with Crippen LogP contribution in [0.5, 0.6) is 5.75 Å². The van der Waals surface area contributed by atoms with Crippen molar-refractivity contribution < 1.29 is 9.90 Å². The Kier molecular flexibility index (Phi) is 3.94. The number of ketones is 1. The molecule has 2 aromatic carbocycles. The van der Waals surface area contributed by atoms with Gasteiger partial charge in [-0.3, -0.25) is 4.79 Å². The molecular formula is C16H13NO2. The first-order valence-electron chi connectivity index (χ1n) is 6.01. The third-order valence-corrected chi connectivity index (χ3v) is 2.90. The van der Waals surface area contributed by atoms with Crippen molar-refractivity contribution in [2.24, 2.45) is 0 Å². The summed E-state index contributed by atoms with van der Waals surface area (Å²) in [7, 11) is 0. The molecule has 1 N–H and O–H groups in total. The Balaban J connectivity index is 2.05. The van der Waals surface area contributed by atoms with Gasteiger partial charge in [0.15, 0.2) is 5.78 Å². The number of phenolic OH excluding ortho intramolecular Hbond substituents is 1. The van der Waals surface area contributed by atoms with Crippen LogP contribution in [0.2, 0.25) is 0 Å². The van der Waals surface area contributed by atoms with Crippen LogP contribution in [0.3, 0.4) is 0 Å². The Morgan fingerprint density at radius 1 is 1.16 bits per heavy atom. The van der Waals surface area contributed by atoms with Crippen LogP contribution in [0.15, 0.2) is 48.5 Å². The lowest BCUT2D eigenvalue weighted by atomic mass is 10.0. The highest BCUT2D eigenvalue weighted by atomic mass is 16.3. The number of para-hydroxylation sites is 1. The summed E-state index contributed by atoms with van der Waals surface area (Å²) in [4.78, 5) is 12.0. The predicted octanol–water partition coefficient (Wildman–Crippen LogP) is 3.08. The number of benzene rings is 2. The quantitative estimate of drug-likeness (QED) is 0.849. The largest absolute Gasteiger partial charge is 0.507 e. The maximum absolute atomic E-state index is 12.0. The van der Waals surface area contributed by atoms with Crippen LogP contribution >= 0.6 is 0 Å². The van der Waals surface area contributed by atoms with Crippen molar-refractivity contribution in [1.82, 2.24) is 0 Å². The van der Waals surface area contributed by atoms with E-state index in [1.54, 1.807) is 36.4 Å². The molecule has 19 heavy (non-hydrogen) atoms. The minimum Gasteiger partial charge on any atom is -0.507 e. The number of carbonyl (C=O) groups excluding carboxylic acids is 1. The number of aromatic hydroxyl groups is 1. The highest BCUT2D eigenvalue weighted by Crippen LogP contribution is 2.18. The molecule has 0 unspecified atom stereocenters. The number of aryl methyl sites for hydroxylation is 1. The van der Waals surface area contributed by atoms with Gasteiger partial charge < -0.3 is 5.11 Å². The monoisotopic (exact) mass is 251 g/mol. The number of rotatable bonds is 4. The van der Waals surface area contributed by atoms with Gasteiger partial charge in [0.25, 0.3) is 0 Å². The van der Waals surface area contributed by atoms with Gasteiger partial charge in [-0.05, 0) is 36.2 Å². The molecule has 0 saturated heterocycles. The van der Waals surface area contributed by atoms with E-state index in [0.29, 0.717) is 24.0 Å². The average molecular weight is 251 g/mol. The Labute approximate surface area is 111 Å². The summed E-state index contributed by atoms with van der Waals surface area (Å²) in [5.74, 6) is -0.0845. The van der Waals surface area contributed by atoms with Gasteiger partial charge in [0.2, 0.25) is 0 Å². The van der Waals surface area contributed by atoms with Crippen molar-refractivity contribution in [3.8, 4) is 11.8 Å². The van der Waals surface area contributed by atoms with Crippen LogP contribution in [0.25, 0.3) is 0 Å². The summed E-state index contributed by atoms with van der Waals surface area (Å²) in [6.07, 6.45) is 0.870. The van der Waals surface area contributed by atoms with Gasteiger partial charge in [0, 0.05) is 6.42 Å². The van der Waals surface area contributed by atoms with E-state index in [1.165, 1.54) is 6.07 Å². The molecule has 0 aliphatic rings. The minimum absolute atomic E-state index is 0.0123. The zero-order valence-corrected chi connectivity index (χ0v) is 10.3. The standard InChI is InChI=1S/C16H13NO2/c17-11-13-5-3-4-12(10-13)8-9-16(19)14-6-1-2-7-15(14)18/h1-7,10,18H,8-9H2. The number of nitrogens with zero attached hydrogens (tertiary/aromatic N) is 1. The maximum atomic E-state index is 12.0. The minimum atomic E-state index is -0.0968. The topological polar surface area (TPSA) is 61.1 Å². The molecule has 2 aromatic rings. The van der Waals surface area contributed by atoms with Gasteiger partial charge in [-0.25, -0.2) is 0 Å². The van der Waals surface area contributed by atoms with Crippen molar-refractivity contribution >= 4 is 5.78 Å². The smallest absolute Gasteiger partial charge is 0.166 e. The number of hydrogen-bond acceptors (Lipinski definition) is 3. The molecule has 0 atom stereocenters. The molecule has 0 radical (unpaired) electrons. The van der Waals surface area contributed by atoms with E-state index in [2.05, 4.69) is 6.07 Å².